The monoisotopic (exact) mass is 335 g/mol. The van der Waals surface area contributed by atoms with Crippen LogP contribution in [0.3, 0.4) is 0 Å². The van der Waals surface area contributed by atoms with Crippen LogP contribution in [0.15, 0.2) is 12.1 Å². The zero-order valence-electron chi connectivity index (χ0n) is 12.3. The molecule has 1 aliphatic rings. The van der Waals surface area contributed by atoms with E-state index in [0.29, 0.717) is 17.7 Å². The average Bonchev–Trinajstić information content (AvgIpc) is 3.07. The Morgan fingerprint density at radius 2 is 1.95 bits per heavy atom. The van der Waals surface area contributed by atoms with Gasteiger partial charge in [0.2, 0.25) is 10.0 Å². The number of carbonyl (C=O) groups is 1. The number of aryl methyl sites for hydroxylation is 1. The second kappa shape index (κ2) is 6.74. The van der Waals surface area contributed by atoms with Gasteiger partial charge in [0.1, 0.15) is 5.69 Å². The van der Waals surface area contributed by atoms with E-state index in [-0.39, 0.29) is 23.7 Å². The lowest BCUT2D eigenvalue weighted by Crippen LogP contribution is -2.36. The number of nitrogens with one attached hydrogen (secondary N) is 1. The van der Waals surface area contributed by atoms with E-state index in [1.165, 1.54) is 23.4 Å². The number of sulfonamides is 1. The number of halogens is 2. The molecule has 9 heteroatoms. The SMILES string of the molecule is Cc1ccc(C(=O)NCCS(=O)(=O)N2CCCC2)n1C(F)F. The zero-order valence-corrected chi connectivity index (χ0v) is 13.1. The highest BCUT2D eigenvalue weighted by molar-refractivity contribution is 7.89. The van der Waals surface area contributed by atoms with Gasteiger partial charge in [-0.2, -0.15) is 8.78 Å². The molecule has 2 heterocycles. The van der Waals surface area contributed by atoms with E-state index in [1.54, 1.807) is 0 Å². The first-order valence-electron chi connectivity index (χ1n) is 7.05. The van der Waals surface area contributed by atoms with Crippen molar-refractivity contribution in [3.63, 3.8) is 0 Å². The summed E-state index contributed by atoms with van der Waals surface area (Å²) in [6, 6.07) is 2.72. The Balaban J connectivity index is 1.93. The molecular weight excluding hydrogens is 316 g/mol. The highest BCUT2D eigenvalue weighted by atomic mass is 32.2. The van der Waals surface area contributed by atoms with Crippen LogP contribution in [-0.4, -0.2) is 48.6 Å². The van der Waals surface area contributed by atoms with Crippen LogP contribution in [0, 0.1) is 6.92 Å². The summed E-state index contributed by atoms with van der Waals surface area (Å²) < 4.78 is 51.7. The van der Waals surface area contributed by atoms with E-state index in [2.05, 4.69) is 5.32 Å². The highest BCUT2D eigenvalue weighted by Crippen LogP contribution is 2.18. The number of alkyl halides is 2. The molecule has 1 aliphatic heterocycles. The van der Waals surface area contributed by atoms with Crippen LogP contribution >= 0.6 is 0 Å². The molecule has 1 aromatic rings. The Hall–Kier alpha value is -1.48. The third kappa shape index (κ3) is 3.64. The molecule has 22 heavy (non-hydrogen) atoms. The van der Waals surface area contributed by atoms with Gasteiger partial charge in [-0.3, -0.25) is 9.36 Å². The van der Waals surface area contributed by atoms with Crippen molar-refractivity contribution in [1.29, 1.82) is 0 Å². The van der Waals surface area contributed by atoms with Gasteiger partial charge in [0.15, 0.2) is 0 Å². The van der Waals surface area contributed by atoms with Crippen LogP contribution in [-0.2, 0) is 10.0 Å². The smallest absolute Gasteiger partial charge is 0.319 e. The van der Waals surface area contributed by atoms with Crippen molar-refractivity contribution < 1.29 is 22.0 Å². The predicted octanol–water partition coefficient (Wildman–Crippen LogP) is 1.35. The summed E-state index contributed by atoms with van der Waals surface area (Å²) >= 11 is 0. The Morgan fingerprint density at radius 3 is 2.55 bits per heavy atom. The number of hydrogen-bond acceptors (Lipinski definition) is 3. The number of rotatable bonds is 6. The molecule has 0 aliphatic carbocycles. The van der Waals surface area contributed by atoms with E-state index in [0.717, 1.165) is 12.8 Å². The molecule has 0 spiro atoms. The minimum Gasteiger partial charge on any atom is -0.350 e. The van der Waals surface area contributed by atoms with Gasteiger partial charge in [-0.15, -0.1) is 0 Å². The Morgan fingerprint density at radius 1 is 1.32 bits per heavy atom. The number of hydrogen-bond donors (Lipinski definition) is 1. The molecule has 1 saturated heterocycles. The molecule has 0 aromatic carbocycles. The van der Waals surface area contributed by atoms with Crippen LogP contribution in [0.2, 0.25) is 0 Å². The molecular formula is C13H19F2N3O3S. The maximum absolute atomic E-state index is 12.9. The van der Waals surface area contributed by atoms with Gasteiger partial charge in [-0.05, 0) is 31.9 Å². The van der Waals surface area contributed by atoms with Crippen LogP contribution < -0.4 is 5.32 Å². The van der Waals surface area contributed by atoms with Gasteiger partial charge in [-0.25, -0.2) is 12.7 Å². The predicted molar refractivity (Wildman–Crippen MR) is 77.3 cm³/mol. The molecule has 124 valence electrons. The van der Waals surface area contributed by atoms with Gasteiger partial charge >= 0.3 is 6.55 Å². The van der Waals surface area contributed by atoms with Crippen LogP contribution in [0.5, 0.6) is 0 Å². The fourth-order valence-electron chi connectivity index (χ4n) is 2.47. The van der Waals surface area contributed by atoms with E-state index in [4.69, 9.17) is 0 Å². The van der Waals surface area contributed by atoms with Gasteiger partial charge in [0, 0.05) is 25.3 Å². The van der Waals surface area contributed by atoms with Gasteiger partial charge in [0.05, 0.1) is 5.75 Å². The van der Waals surface area contributed by atoms with Crippen LogP contribution in [0.1, 0.15) is 35.6 Å². The van der Waals surface area contributed by atoms with E-state index in [1.807, 2.05) is 0 Å². The molecule has 1 aromatic heterocycles. The summed E-state index contributed by atoms with van der Waals surface area (Å²) in [4.78, 5) is 11.9. The minimum atomic E-state index is -3.40. The van der Waals surface area contributed by atoms with Crippen molar-refractivity contribution in [3.05, 3.63) is 23.5 Å². The first-order valence-corrected chi connectivity index (χ1v) is 8.66. The fourth-order valence-corrected chi connectivity index (χ4v) is 3.91. The largest absolute Gasteiger partial charge is 0.350 e. The number of carbonyl (C=O) groups excluding carboxylic acids is 1. The normalized spacial score (nSPS) is 16.4. The summed E-state index contributed by atoms with van der Waals surface area (Å²) in [7, 11) is -3.40. The summed E-state index contributed by atoms with van der Waals surface area (Å²) in [6.45, 7) is -0.441. The molecule has 0 atom stereocenters. The highest BCUT2D eigenvalue weighted by Gasteiger charge is 2.25. The zero-order chi connectivity index (χ0) is 16.3. The average molecular weight is 335 g/mol. The number of amides is 1. The molecule has 1 amide bonds. The second-order valence-corrected chi connectivity index (χ2v) is 7.27. The van der Waals surface area contributed by atoms with E-state index >= 15 is 0 Å². The van der Waals surface area contributed by atoms with Crippen molar-refractivity contribution in [2.75, 3.05) is 25.4 Å². The lowest BCUT2D eigenvalue weighted by Gasteiger charge is -2.15. The molecule has 0 saturated carbocycles. The van der Waals surface area contributed by atoms with Gasteiger partial charge in [-0.1, -0.05) is 0 Å². The Labute approximate surface area is 128 Å². The second-order valence-electron chi connectivity index (χ2n) is 5.19. The maximum Gasteiger partial charge on any atom is 0.319 e. The van der Waals surface area contributed by atoms with E-state index < -0.39 is 22.5 Å². The first kappa shape index (κ1) is 16.9. The molecule has 0 bridgehead atoms. The third-order valence-electron chi connectivity index (χ3n) is 3.65. The summed E-state index contributed by atoms with van der Waals surface area (Å²) in [6.07, 6.45) is 1.68. The lowest BCUT2D eigenvalue weighted by molar-refractivity contribution is 0.0618. The van der Waals surface area contributed by atoms with Crippen molar-refractivity contribution >= 4 is 15.9 Å². The fraction of sp³-hybridized carbons (Fsp3) is 0.615. The van der Waals surface area contributed by atoms with Crippen molar-refractivity contribution in [1.82, 2.24) is 14.2 Å². The third-order valence-corrected chi connectivity index (χ3v) is 5.53. The standard InChI is InChI=1S/C13H19F2N3O3S/c1-10-4-5-11(18(10)13(14)15)12(19)16-6-9-22(20,21)17-7-2-3-8-17/h4-5,13H,2-3,6-9H2,1H3,(H,16,19). The summed E-state index contributed by atoms with van der Waals surface area (Å²) in [5.41, 5.74) is 0.0934. The molecule has 1 N–H and O–H groups in total. The van der Waals surface area contributed by atoms with Crippen molar-refractivity contribution in [3.8, 4) is 0 Å². The summed E-state index contributed by atoms with van der Waals surface area (Å²) in [5.74, 6) is -0.933. The molecule has 6 nitrogen and oxygen atoms in total. The molecule has 0 unspecified atom stereocenters. The number of aromatic nitrogens is 1. The van der Waals surface area contributed by atoms with Crippen LogP contribution in [0.4, 0.5) is 8.78 Å². The molecule has 0 radical (unpaired) electrons. The number of nitrogens with zero attached hydrogens (tertiary/aromatic N) is 2. The molecule has 1 fully saturated rings. The lowest BCUT2D eigenvalue weighted by atomic mass is 10.4. The minimum absolute atomic E-state index is 0.106. The molecule has 2 rings (SSSR count). The van der Waals surface area contributed by atoms with Crippen molar-refractivity contribution in [2.24, 2.45) is 0 Å². The maximum atomic E-state index is 12.9. The first-order chi connectivity index (χ1) is 10.3. The summed E-state index contributed by atoms with van der Waals surface area (Å²) in [5, 5.41) is 2.39. The topological polar surface area (TPSA) is 71.4 Å². The Bertz CT molecular complexity index is 637. The van der Waals surface area contributed by atoms with Crippen molar-refractivity contribution in [2.45, 2.75) is 26.3 Å². The quantitative estimate of drug-likeness (QED) is 0.853. The van der Waals surface area contributed by atoms with E-state index in [9.17, 15) is 22.0 Å². The van der Waals surface area contributed by atoms with Crippen LogP contribution in [0.25, 0.3) is 0 Å². The Kier molecular flexibility index (Phi) is 5.17. The van der Waals surface area contributed by atoms with Gasteiger partial charge < -0.3 is 5.32 Å². The van der Waals surface area contributed by atoms with Gasteiger partial charge in [0.25, 0.3) is 5.91 Å².